The highest BCUT2D eigenvalue weighted by atomic mass is 35.5. The highest BCUT2D eigenvalue weighted by molar-refractivity contribution is 6.35. The van der Waals surface area contributed by atoms with E-state index in [9.17, 15) is 4.79 Å². The van der Waals surface area contributed by atoms with E-state index in [1.807, 2.05) is 12.3 Å². The molecule has 166 valence electrons. The molecule has 32 heavy (non-hydrogen) atoms. The van der Waals surface area contributed by atoms with Crippen LogP contribution in [-0.4, -0.2) is 30.6 Å². The minimum atomic E-state index is -0.269. The first-order chi connectivity index (χ1) is 15.6. The van der Waals surface area contributed by atoms with Gasteiger partial charge in [-0.05, 0) is 72.8 Å². The Morgan fingerprint density at radius 1 is 1.03 bits per heavy atom. The van der Waals surface area contributed by atoms with Crippen LogP contribution in [0.2, 0.25) is 10.0 Å². The number of pyridine rings is 1. The van der Waals surface area contributed by atoms with Gasteiger partial charge in [-0.2, -0.15) is 0 Å². The van der Waals surface area contributed by atoms with E-state index in [0.717, 1.165) is 37.1 Å². The number of rotatable bonds is 6. The van der Waals surface area contributed by atoms with Gasteiger partial charge in [-0.15, -0.1) is 0 Å². The van der Waals surface area contributed by atoms with Crippen LogP contribution in [0.5, 0.6) is 0 Å². The van der Waals surface area contributed by atoms with Crippen molar-refractivity contribution in [3.8, 4) is 11.1 Å². The molecule has 1 aromatic heterocycles. The Hall–Kier alpha value is -2.60. The molecule has 1 unspecified atom stereocenters. The Balaban J connectivity index is 1.46. The third kappa shape index (κ3) is 6.00. The van der Waals surface area contributed by atoms with E-state index in [1.165, 1.54) is 5.56 Å². The van der Waals surface area contributed by atoms with Crippen LogP contribution in [0, 0.1) is 5.92 Å². The first kappa shape index (κ1) is 22.6. The molecule has 1 fully saturated rings. The van der Waals surface area contributed by atoms with Crippen molar-refractivity contribution in [2.24, 2.45) is 5.92 Å². The van der Waals surface area contributed by atoms with Gasteiger partial charge >= 0.3 is 6.03 Å². The van der Waals surface area contributed by atoms with Crippen LogP contribution in [0.1, 0.15) is 24.3 Å². The zero-order valence-electron chi connectivity index (χ0n) is 17.7. The normalized spacial score (nSPS) is 15.2. The zero-order chi connectivity index (χ0) is 22.3. The third-order valence-electron chi connectivity index (χ3n) is 5.89. The van der Waals surface area contributed by atoms with Crippen LogP contribution in [0.15, 0.2) is 67.0 Å². The molecule has 1 atom stereocenters. The van der Waals surface area contributed by atoms with E-state index >= 15 is 0 Å². The number of nitrogens with one attached hydrogen (secondary N) is 3. The summed E-state index contributed by atoms with van der Waals surface area (Å²) in [6, 6.07) is 17.3. The van der Waals surface area contributed by atoms with Crippen molar-refractivity contribution in [3.63, 3.8) is 0 Å². The Morgan fingerprint density at radius 3 is 2.41 bits per heavy atom. The molecule has 3 N–H and O–H groups in total. The van der Waals surface area contributed by atoms with Crippen LogP contribution in [0.3, 0.4) is 0 Å². The molecular formula is C25H26Cl2N4O. The summed E-state index contributed by atoms with van der Waals surface area (Å²) in [7, 11) is 0. The zero-order valence-corrected chi connectivity index (χ0v) is 19.2. The average Bonchev–Trinajstić information content (AvgIpc) is 2.80. The molecule has 0 aliphatic carbocycles. The molecule has 0 bridgehead atoms. The second-order valence-corrected chi connectivity index (χ2v) is 8.92. The number of carbonyl (C=O) groups is 1. The number of anilines is 1. The predicted octanol–water partition coefficient (Wildman–Crippen LogP) is 5.96. The second-order valence-electron chi connectivity index (χ2n) is 8.05. The number of benzene rings is 2. The van der Waals surface area contributed by atoms with E-state index in [0.29, 0.717) is 28.2 Å². The number of amides is 2. The van der Waals surface area contributed by atoms with Crippen LogP contribution in [0.4, 0.5) is 10.5 Å². The highest BCUT2D eigenvalue weighted by Gasteiger charge is 2.25. The van der Waals surface area contributed by atoms with E-state index in [1.54, 1.807) is 24.4 Å². The van der Waals surface area contributed by atoms with Crippen LogP contribution < -0.4 is 16.0 Å². The van der Waals surface area contributed by atoms with Gasteiger partial charge < -0.3 is 16.0 Å². The summed E-state index contributed by atoms with van der Waals surface area (Å²) in [6.07, 6.45) is 5.82. The first-order valence-electron chi connectivity index (χ1n) is 10.8. The lowest BCUT2D eigenvalue weighted by Gasteiger charge is -2.31. The Kier molecular flexibility index (Phi) is 7.63. The van der Waals surface area contributed by atoms with E-state index in [2.05, 4.69) is 51.3 Å². The molecule has 5 nitrogen and oxygen atoms in total. The number of urea groups is 1. The number of piperidine rings is 1. The smallest absolute Gasteiger partial charge is 0.319 e. The van der Waals surface area contributed by atoms with Crippen molar-refractivity contribution >= 4 is 34.9 Å². The molecular weight excluding hydrogens is 443 g/mol. The monoisotopic (exact) mass is 468 g/mol. The van der Waals surface area contributed by atoms with Crippen molar-refractivity contribution in [2.75, 3.05) is 25.0 Å². The maximum Gasteiger partial charge on any atom is 0.319 e. The molecule has 7 heteroatoms. The van der Waals surface area contributed by atoms with Gasteiger partial charge in [0, 0.05) is 40.6 Å². The molecule has 0 radical (unpaired) electrons. The SMILES string of the molecule is O=C(NCC(c1ccc(-c2cccnc2)cc1)C1CCNCC1)Nc1cc(Cl)cc(Cl)c1. The molecule has 1 aliphatic rings. The lowest BCUT2D eigenvalue weighted by Crippen LogP contribution is -2.38. The van der Waals surface area contributed by atoms with Crippen molar-refractivity contribution in [3.05, 3.63) is 82.6 Å². The summed E-state index contributed by atoms with van der Waals surface area (Å²) >= 11 is 12.1. The maximum atomic E-state index is 12.6. The minimum Gasteiger partial charge on any atom is -0.337 e. The standard InChI is InChI=1S/C25H26Cl2N4O/c26-21-12-22(27)14-23(13-21)31-25(32)30-16-24(19-7-10-28-11-8-19)18-5-3-17(4-6-18)20-2-1-9-29-15-20/h1-6,9,12-15,19,24,28H,7-8,10-11,16H2,(H2,30,31,32). The number of carbonyl (C=O) groups excluding carboxylic acids is 1. The fourth-order valence-corrected chi connectivity index (χ4v) is 4.79. The quantitative estimate of drug-likeness (QED) is 0.417. The fraction of sp³-hybridized carbons (Fsp3) is 0.280. The average molecular weight is 469 g/mol. The molecule has 1 saturated heterocycles. The van der Waals surface area contributed by atoms with Gasteiger partial charge in [0.15, 0.2) is 0 Å². The van der Waals surface area contributed by atoms with E-state index < -0.39 is 0 Å². The molecule has 1 aliphatic heterocycles. The van der Waals surface area contributed by atoms with Crippen LogP contribution in [0.25, 0.3) is 11.1 Å². The summed E-state index contributed by atoms with van der Waals surface area (Å²) in [5.41, 5.74) is 4.03. The summed E-state index contributed by atoms with van der Waals surface area (Å²) < 4.78 is 0. The number of hydrogen-bond acceptors (Lipinski definition) is 3. The highest BCUT2D eigenvalue weighted by Crippen LogP contribution is 2.32. The van der Waals surface area contributed by atoms with Crippen molar-refractivity contribution < 1.29 is 4.79 Å². The van der Waals surface area contributed by atoms with Crippen molar-refractivity contribution in [2.45, 2.75) is 18.8 Å². The van der Waals surface area contributed by atoms with Gasteiger partial charge in [0.25, 0.3) is 0 Å². The molecule has 2 aromatic carbocycles. The number of hydrogen-bond donors (Lipinski definition) is 3. The van der Waals surface area contributed by atoms with Gasteiger partial charge in [-0.25, -0.2) is 4.79 Å². The summed E-state index contributed by atoms with van der Waals surface area (Å²) in [6.45, 7) is 2.56. The van der Waals surface area contributed by atoms with Gasteiger partial charge in [0.2, 0.25) is 0 Å². The third-order valence-corrected chi connectivity index (χ3v) is 6.33. The minimum absolute atomic E-state index is 0.230. The lowest BCUT2D eigenvalue weighted by atomic mass is 9.80. The number of halogens is 2. The Bertz CT molecular complexity index is 1020. The molecule has 4 rings (SSSR count). The molecule has 0 saturated carbocycles. The maximum absolute atomic E-state index is 12.6. The van der Waals surface area contributed by atoms with Crippen molar-refractivity contribution in [1.29, 1.82) is 0 Å². The largest absolute Gasteiger partial charge is 0.337 e. The van der Waals surface area contributed by atoms with Crippen LogP contribution >= 0.6 is 23.2 Å². The lowest BCUT2D eigenvalue weighted by molar-refractivity contribution is 0.247. The number of nitrogens with zero attached hydrogens (tertiary/aromatic N) is 1. The topological polar surface area (TPSA) is 66.0 Å². The molecule has 2 amide bonds. The second kappa shape index (κ2) is 10.8. The molecule has 3 aromatic rings. The van der Waals surface area contributed by atoms with Gasteiger partial charge in [-0.1, -0.05) is 53.5 Å². The van der Waals surface area contributed by atoms with Gasteiger partial charge in [0.1, 0.15) is 0 Å². The fourth-order valence-electron chi connectivity index (χ4n) is 4.26. The van der Waals surface area contributed by atoms with Gasteiger partial charge in [0.05, 0.1) is 0 Å². The predicted molar refractivity (Wildman–Crippen MR) is 131 cm³/mol. The summed E-state index contributed by atoms with van der Waals surface area (Å²) in [5, 5.41) is 10.3. The number of aromatic nitrogens is 1. The molecule has 2 heterocycles. The van der Waals surface area contributed by atoms with Crippen LogP contribution in [-0.2, 0) is 0 Å². The Morgan fingerprint density at radius 2 is 1.75 bits per heavy atom. The van der Waals surface area contributed by atoms with Crippen molar-refractivity contribution in [1.82, 2.24) is 15.6 Å². The summed E-state index contributed by atoms with van der Waals surface area (Å²) in [4.78, 5) is 16.8. The molecule has 0 spiro atoms. The van der Waals surface area contributed by atoms with E-state index in [-0.39, 0.29) is 11.9 Å². The Labute approximate surface area is 198 Å². The summed E-state index contributed by atoms with van der Waals surface area (Å²) in [5.74, 6) is 0.732. The van der Waals surface area contributed by atoms with E-state index in [4.69, 9.17) is 23.2 Å². The first-order valence-corrected chi connectivity index (χ1v) is 11.6. The van der Waals surface area contributed by atoms with Gasteiger partial charge in [-0.3, -0.25) is 4.98 Å².